The van der Waals surface area contributed by atoms with Crippen molar-refractivity contribution < 1.29 is 13.7 Å². The van der Waals surface area contributed by atoms with Crippen molar-refractivity contribution in [1.82, 2.24) is 10.2 Å². The highest BCUT2D eigenvalue weighted by Crippen LogP contribution is 2.56. The second-order valence-corrected chi connectivity index (χ2v) is 9.90. The lowest BCUT2D eigenvalue weighted by molar-refractivity contribution is 0.0519. The average molecular weight is 302 g/mol. The summed E-state index contributed by atoms with van der Waals surface area (Å²) >= 11 is 0. The predicted molar refractivity (Wildman–Crippen MR) is 83.2 cm³/mol. The molecule has 6 heteroatoms. The predicted octanol–water partition coefficient (Wildman–Crippen LogP) is 3.44. The molecule has 0 radical (unpaired) electrons. The summed E-state index contributed by atoms with van der Waals surface area (Å²) in [5.74, 6) is -0.412. The van der Waals surface area contributed by atoms with Crippen LogP contribution >= 0.6 is 10.3 Å². The van der Waals surface area contributed by atoms with E-state index in [9.17, 15) is 4.79 Å². The molecule has 0 saturated carbocycles. The van der Waals surface area contributed by atoms with Gasteiger partial charge in [-0.15, -0.1) is 10.3 Å². The molecule has 0 fully saturated rings. The zero-order valence-electron chi connectivity index (χ0n) is 13.4. The van der Waals surface area contributed by atoms with Gasteiger partial charge in [-0.05, 0) is 32.4 Å². The molecule has 0 saturated heterocycles. The number of esters is 1. The van der Waals surface area contributed by atoms with E-state index in [1.165, 1.54) is 0 Å². The molecule has 0 aliphatic heterocycles. The van der Waals surface area contributed by atoms with Crippen LogP contribution in [0.2, 0.25) is 0 Å². The molecule has 0 bridgehead atoms. The van der Waals surface area contributed by atoms with Crippen molar-refractivity contribution in [3.8, 4) is 0 Å². The first-order valence-corrected chi connectivity index (χ1v) is 9.09. The van der Waals surface area contributed by atoms with E-state index in [1.54, 1.807) is 13.0 Å². The second kappa shape index (κ2) is 6.18. The van der Waals surface area contributed by atoms with E-state index in [0.717, 1.165) is 5.69 Å². The van der Waals surface area contributed by atoms with Crippen molar-refractivity contribution in [2.45, 2.75) is 45.5 Å². The van der Waals surface area contributed by atoms with E-state index in [0.29, 0.717) is 12.3 Å². The highest BCUT2D eigenvalue weighted by atomic mass is 32.3. The van der Waals surface area contributed by atoms with Crippen molar-refractivity contribution >= 4 is 16.3 Å². The third-order valence-electron chi connectivity index (χ3n) is 3.38. The fourth-order valence-electron chi connectivity index (χ4n) is 1.41. The van der Waals surface area contributed by atoms with Gasteiger partial charge in [-0.2, -0.15) is 5.10 Å². The molecule has 5 nitrogen and oxygen atoms in total. The molecule has 1 aromatic rings. The summed E-state index contributed by atoms with van der Waals surface area (Å²) in [5, 5.41) is 6.83. The van der Waals surface area contributed by atoms with Crippen LogP contribution in [0.3, 0.4) is 0 Å². The van der Waals surface area contributed by atoms with Crippen molar-refractivity contribution in [1.29, 1.82) is 0 Å². The molecule has 1 N–H and O–H groups in total. The number of aromatic amines is 1. The molecular weight excluding hydrogens is 276 g/mol. The van der Waals surface area contributed by atoms with Gasteiger partial charge in [0.2, 0.25) is 0 Å². The second-order valence-electron chi connectivity index (χ2n) is 6.01. The minimum atomic E-state index is -1.23. The quantitative estimate of drug-likeness (QED) is 0.846. The summed E-state index contributed by atoms with van der Waals surface area (Å²) in [4.78, 5) is 11.6. The number of H-pyrrole nitrogens is 1. The number of carbonyl (C=O) groups excluding carboxylic acids is 1. The van der Waals surface area contributed by atoms with Crippen LogP contribution in [0, 0.1) is 0 Å². The molecule has 1 rings (SSSR count). The Kier molecular flexibility index (Phi) is 5.27. The third kappa shape index (κ3) is 3.99. The van der Waals surface area contributed by atoms with Crippen LogP contribution < -0.4 is 0 Å². The number of hydrogen-bond acceptors (Lipinski definition) is 4. The molecule has 1 unspecified atom stereocenters. The SMILES string of the molecule is CCOC(=O)c1cc(C(C)OS(C)(C)C(C)(C)C)[nH]n1. The molecule has 1 atom stereocenters. The van der Waals surface area contributed by atoms with Gasteiger partial charge in [0.05, 0.1) is 12.3 Å². The van der Waals surface area contributed by atoms with Gasteiger partial charge in [-0.1, -0.05) is 20.8 Å². The third-order valence-corrected chi connectivity index (χ3v) is 7.10. The number of rotatable bonds is 5. The first-order chi connectivity index (χ1) is 9.08. The van der Waals surface area contributed by atoms with Crippen molar-refractivity contribution in [2.75, 3.05) is 19.1 Å². The maximum atomic E-state index is 11.6. The van der Waals surface area contributed by atoms with Gasteiger partial charge in [0.15, 0.2) is 5.69 Å². The lowest BCUT2D eigenvalue weighted by Crippen LogP contribution is -2.26. The molecule has 0 aliphatic rings. The van der Waals surface area contributed by atoms with Gasteiger partial charge in [0.1, 0.15) is 6.10 Å². The van der Waals surface area contributed by atoms with Gasteiger partial charge >= 0.3 is 5.97 Å². The van der Waals surface area contributed by atoms with Crippen molar-refractivity contribution in [2.24, 2.45) is 0 Å². The summed E-state index contributed by atoms with van der Waals surface area (Å²) in [6.07, 6.45) is 4.15. The van der Waals surface area contributed by atoms with Crippen LogP contribution in [0.15, 0.2) is 6.07 Å². The number of hydrogen-bond donors (Lipinski definition) is 1. The highest BCUT2D eigenvalue weighted by molar-refractivity contribution is 8.29. The van der Waals surface area contributed by atoms with E-state index >= 15 is 0 Å². The molecule has 0 aliphatic carbocycles. The topological polar surface area (TPSA) is 64.2 Å². The first-order valence-electron chi connectivity index (χ1n) is 6.72. The lowest BCUT2D eigenvalue weighted by Gasteiger charge is -2.45. The molecule has 1 aromatic heterocycles. The fourth-order valence-corrected chi connectivity index (χ4v) is 2.53. The van der Waals surface area contributed by atoms with Crippen molar-refractivity contribution in [3.63, 3.8) is 0 Å². The number of ether oxygens (including phenoxy) is 1. The largest absolute Gasteiger partial charge is 0.461 e. The summed E-state index contributed by atoms with van der Waals surface area (Å²) in [6.45, 7) is 10.6. The van der Waals surface area contributed by atoms with E-state index < -0.39 is 16.3 Å². The maximum absolute atomic E-state index is 11.6. The van der Waals surface area contributed by atoms with Crippen molar-refractivity contribution in [3.05, 3.63) is 17.5 Å². The van der Waals surface area contributed by atoms with Crippen LogP contribution in [0.1, 0.15) is 56.9 Å². The Bertz CT molecular complexity index is 463. The molecule has 1 heterocycles. The lowest BCUT2D eigenvalue weighted by atomic mass is 10.2. The number of aromatic nitrogens is 2. The van der Waals surface area contributed by atoms with E-state index in [1.807, 2.05) is 6.92 Å². The normalized spacial score (nSPS) is 14.9. The summed E-state index contributed by atoms with van der Waals surface area (Å²) in [6, 6.07) is 1.70. The fraction of sp³-hybridized carbons (Fsp3) is 0.714. The number of nitrogens with zero attached hydrogens (tertiary/aromatic N) is 1. The van der Waals surface area contributed by atoms with Crippen LogP contribution in [-0.4, -0.2) is 40.0 Å². The van der Waals surface area contributed by atoms with E-state index in [4.69, 9.17) is 8.92 Å². The Balaban J connectivity index is 2.79. The minimum Gasteiger partial charge on any atom is -0.461 e. The van der Waals surface area contributed by atoms with Gasteiger partial charge in [0.25, 0.3) is 0 Å². The molecule has 0 aromatic carbocycles. The summed E-state index contributed by atoms with van der Waals surface area (Å²) in [7, 11) is -1.23. The molecule has 20 heavy (non-hydrogen) atoms. The number of nitrogens with one attached hydrogen (secondary N) is 1. The van der Waals surface area contributed by atoms with E-state index in [-0.39, 0.29) is 10.9 Å². The molecular formula is C14H26N2O3S. The zero-order chi connectivity index (χ0) is 15.6. The molecule has 0 spiro atoms. The Morgan fingerprint density at radius 2 is 2.05 bits per heavy atom. The van der Waals surface area contributed by atoms with Gasteiger partial charge in [-0.3, -0.25) is 5.10 Å². The van der Waals surface area contributed by atoms with Crippen LogP contribution in [-0.2, 0) is 8.92 Å². The molecule has 116 valence electrons. The van der Waals surface area contributed by atoms with Gasteiger partial charge < -0.3 is 8.92 Å². The Labute approximate surface area is 122 Å². The minimum absolute atomic E-state index is 0.0885. The van der Waals surface area contributed by atoms with Gasteiger partial charge in [0, 0.05) is 4.75 Å². The van der Waals surface area contributed by atoms with Crippen LogP contribution in [0.4, 0.5) is 0 Å². The van der Waals surface area contributed by atoms with E-state index in [2.05, 4.69) is 43.5 Å². The summed E-state index contributed by atoms with van der Waals surface area (Å²) < 4.78 is 11.2. The molecule has 0 amide bonds. The Hall–Kier alpha value is -1.01. The number of carbonyl (C=O) groups is 1. The first kappa shape index (κ1) is 17.0. The van der Waals surface area contributed by atoms with Gasteiger partial charge in [-0.25, -0.2) is 4.79 Å². The monoisotopic (exact) mass is 302 g/mol. The Morgan fingerprint density at radius 3 is 2.55 bits per heavy atom. The maximum Gasteiger partial charge on any atom is 0.358 e. The zero-order valence-corrected chi connectivity index (χ0v) is 14.3. The average Bonchev–Trinajstić information content (AvgIpc) is 2.76. The standard InChI is InChI=1S/C14H26N2O3S/c1-8-18-13(17)12-9-11(15-16-12)10(2)19-20(6,7)14(3,4)5/h9-10H,8H2,1-7H3,(H,15,16). The Morgan fingerprint density at radius 1 is 1.45 bits per heavy atom. The van der Waals surface area contributed by atoms with Crippen LogP contribution in [0.25, 0.3) is 0 Å². The highest BCUT2D eigenvalue weighted by Gasteiger charge is 2.31. The van der Waals surface area contributed by atoms with Crippen LogP contribution in [0.5, 0.6) is 0 Å². The smallest absolute Gasteiger partial charge is 0.358 e. The summed E-state index contributed by atoms with van der Waals surface area (Å²) in [5.41, 5.74) is 1.08.